The van der Waals surface area contributed by atoms with Crippen molar-refractivity contribution in [2.45, 2.75) is 0 Å². The van der Waals surface area contributed by atoms with E-state index in [2.05, 4.69) is 6.58 Å². The van der Waals surface area contributed by atoms with E-state index in [-0.39, 0.29) is 5.57 Å². The van der Waals surface area contributed by atoms with Gasteiger partial charge < -0.3 is 10.2 Å². The molecule has 0 spiro atoms. The first-order chi connectivity index (χ1) is 6.43. The molecule has 0 fully saturated rings. The predicted octanol–water partition coefficient (Wildman–Crippen LogP) is 0.147. The lowest BCUT2D eigenvalue weighted by atomic mass is 9.96. The number of aliphatic carboxylic acids is 1. The molecule has 0 radical (unpaired) electrons. The molecule has 1 aliphatic rings. The number of rotatable bonds is 2. The van der Waals surface area contributed by atoms with Crippen molar-refractivity contribution in [3.63, 3.8) is 0 Å². The van der Waals surface area contributed by atoms with Crippen LogP contribution in [0.4, 0.5) is 0 Å². The van der Waals surface area contributed by atoms with E-state index in [1.165, 1.54) is 0 Å². The van der Waals surface area contributed by atoms with Crippen molar-refractivity contribution >= 4 is 17.5 Å². The molecule has 0 aromatic carbocycles. The molecule has 0 amide bonds. The van der Waals surface area contributed by atoms with Crippen molar-refractivity contribution in [3.8, 4) is 0 Å². The average molecular weight is 194 g/mol. The van der Waals surface area contributed by atoms with Gasteiger partial charge in [-0.2, -0.15) is 0 Å². The van der Waals surface area contributed by atoms with Crippen molar-refractivity contribution < 1.29 is 24.6 Å². The van der Waals surface area contributed by atoms with Crippen LogP contribution in [0.15, 0.2) is 35.6 Å². The van der Waals surface area contributed by atoms with Crippen LogP contribution < -0.4 is 0 Å². The highest BCUT2D eigenvalue weighted by Gasteiger charge is 2.25. The molecular formula is C9H6O5. The highest BCUT2D eigenvalue weighted by molar-refractivity contribution is 6.30. The quantitative estimate of drug-likeness (QED) is 0.371. The molecule has 0 atom stereocenters. The number of carboxylic acid groups (broad SMARTS) is 1. The summed E-state index contributed by atoms with van der Waals surface area (Å²) in [7, 11) is 0. The highest BCUT2D eigenvalue weighted by Crippen LogP contribution is 2.15. The number of carbonyl (C=O) groups excluding carboxylic acids is 2. The largest absolute Gasteiger partial charge is 0.508 e. The monoisotopic (exact) mass is 194 g/mol. The van der Waals surface area contributed by atoms with Crippen LogP contribution >= 0.6 is 0 Å². The Labute approximate surface area is 78.7 Å². The Morgan fingerprint density at radius 3 is 1.93 bits per heavy atom. The van der Waals surface area contributed by atoms with Gasteiger partial charge in [-0.05, 0) is 0 Å². The van der Waals surface area contributed by atoms with Crippen molar-refractivity contribution in [2.75, 3.05) is 0 Å². The van der Waals surface area contributed by atoms with Gasteiger partial charge in [0.05, 0.1) is 5.57 Å². The van der Waals surface area contributed by atoms with Crippen LogP contribution in [-0.4, -0.2) is 27.7 Å². The number of carbonyl (C=O) groups is 3. The predicted molar refractivity (Wildman–Crippen MR) is 45.6 cm³/mol. The van der Waals surface area contributed by atoms with Crippen LogP contribution in [0.1, 0.15) is 0 Å². The molecule has 2 N–H and O–H groups in total. The van der Waals surface area contributed by atoms with Crippen molar-refractivity contribution in [1.29, 1.82) is 0 Å². The summed E-state index contributed by atoms with van der Waals surface area (Å²) in [5, 5.41) is 17.4. The van der Waals surface area contributed by atoms with Gasteiger partial charge >= 0.3 is 5.97 Å². The second-order valence-corrected chi connectivity index (χ2v) is 2.60. The molecule has 5 heteroatoms. The molecule has 5 nitrogen and oxygen atoms in total. The molecule has 72 valence electrons. The topological polar surface area (TPSA) is 91.7 Å². The average Bonchev–Trinajstić information content (AvgIpc) is 2.07. The minimum atomic E-state index is -1.47. The number of ketones is 2. The van der Waals surface area contributed by atoms with E-state index in [1.807, 2.05) is 0 Å². The van der Waals surface area contributed by atoms with Crippen molar-refractivity contribution in [1.82, 2.24) is 0 Å². The lowest BCUT2D eigenvalue weighted by molar-refractivity contribution is -0.134. The first-order valence-electron chi connectivity index (χ1n) is 3.57. The molecule has 0 aromatic rings. The lowest BCUT2D eigenvalue weighted by Crippen LogP contribution is -2.19. The van der Waals surface area contributed by atoms with Crippen molar-refractivity contribution in [3.05, 3.63) is 35.6 Å². The summed E-state index contributed by atoms with van der Waals surface area (Å²) in [6.07, 6.45) is 1.43. The van der Waals surface area contributed by atoms with Gasteiger partial charge in [0, 0.05) is 12.2 Å². The van der Waals surface area contributed by atoms with E-state index < -0.39 is 28.9 Å². The fourth-order valence-corrected chi connectivity index (χ4v) is 0.953. The van der Waals surface area contributed by atoms with E-state index in [4.69, 9.17) is 10.2 Å². The number of aliphatic hydroxyl groups is 1. The standard InChI is InChI=1S/C9H6O5/c1-4(10)5-2-8(12)6(9(13)14)3-7(5)11/h2-3,10H,1H2,(H,13,14). The van der Waals surface area contributed by atoms with Crippen LogP contribution in [0.5, 0.6) is 0 Å². The molecule has 14 heavy (non-hydrogen) atoms. The summed E-state index contributed by atoms with van der Waals surface area (Å²) in [5.74, 6) is -3.59. The fraction of sp³-hybridized carbons (Fsp3) is 0. The summed E-state index contributed by atoms with van der Waals surface area (Å²) >= 11 is 0. The normalized spacial score (nSPS) is 16.0. The zero-order valence-corrected chi connectivity index (χ0v) is 6.98. The van der Waals surface area contributed by atoms with Crippen LogP contribution in [0.3, 0.4) is 0 Å². The van der Waals surface area contributed by atoms with Gasteiger partial charge in [-0.15, -0.1) is 0 Å². The van der Waals surface area contributed by atoms with E-state index in [9.17, 15) is 14.4 Å². The van der Waals surface area contributed by atoms with Gasteiger partial charge in [0.15, 0.2) is 11.6 Å². The molecule has 1 aliphatic carbocycles. The van der Waals surface area contributed by atoms with Crippen LogP contribution in [0.2, 0.25) is 0 Å². The molecule has 1 rings (SSSR count). The van der Waals surface area contributed by atoms with Gasteiger partial charge in [-0.25, -0.2) is 4.79 Å². The Kier molecular flexibility index (Phi) is 2.33. The van der Waals surface area contributed by atoms with E-state index in [0.717, 1.165) is 6.08 Å². The van der Waals surface area contributed by atoms with Gasteiger partial charge in [-0.3, -0.25) is 9.59 Å². The summed E-state index contributed by atoms with van der Waals surface area (Å²) in [4.78, 5) is 32.6. The third-order valence-corrected chi connectivity index (χ3v) is 1.62. The third kappa shape index (κ3) is 1.61. The first-order valence-corrected chi connectivity index (χ1v) is 3.57. The first kappa shape index (κ1) is 9.91. The summed E-state index contributed by atoms with van der Waals surface area (Å²) in [5.41, 5.74) is -0.889. The molecule has 0 aromatic heterocycles. The molecule has 0 saturated carbocycles. The summed E-state index contributed by atoms with van der Waals surface area (Å²) in [6.45, 7) is 3.07. The Bertz CT molecular complexity index is 371. The maximum absolute atomic E-state index is 11.1. The maximum Gasteiger partial charge on any atom is 0.339 e. The van der Waals surface area contributed by atoms with Gasteiger partial charge in [0.2, 0.25) is 0 Å². The van der Waals surface area contributed by atoms with Gasteiger partial charge in [0.25, 0.3) is 0 Å². The van der Waals surface area contributed by atoms with Crippen LogP contribution in [-0.2, 0) is 14.4 Å². The fourth-order valence-electron chi connectivity index (χ4n) is 0.953. The minimum Gasteiger partial charge on any atom is -0.508 e. The zero-order valence-electron chi connectivity index (χ0n) is 6.98. The Balaban J connectivity index is 3.14. The molecular weight excluding hydrogens is 188 g/mol. The minimum absolute atomic E-state index is 0.278. The molecule has 0 bridgehead atoms. The second kappa shape index (κ2) is 3.29. The molecule has 0 saturated heterocycles. The maximum atomic E-state index is 11.1. The van der Waals surface area contributed by atoms with Gasteiger partial charge in [-0.1, -0.05) is 6.58 Å². The Hall–Kier alpha value is -2.17. The van der Waals surface area contributed by atoms with E-state index in [0.29, 0.717) is 6.08 Å². The van der Waals surface area contributed by atoms with Crippen LogP contribution in [0.25, 0.3) is 0 Å². The zero-order chi connectivity index (χ0) is 10.9. The Morgan fingerprint density at radius 1 is 1.07 bits per heavy atom. The SMILES string of the molecule is C=C(O)C1=CC(=O)C(C(=O)O)=CC1=O. The van der Waals surface area contributed by atoms with Gasteiger partial charge in [0.1, 0.15) is 11.3 Å². The van der Waals surface area contributed by atoms with Crippen molar-refractivity contribution in [2.24, 2.45) is 0 Å². The number of hydrogen-bond donors (Lipinski definition) is 2. The van der Waals surface area contributed by atoms with E-state index in [1.54, 1.807) is 0 Å². The Morgan fingerprint density at radius 2 is 1.50 bits per heavy atom. The second-order valence-electron chi connectivity index (χ2n) is 2.60. The highest BCUT2D eigenvalue weighted by atomic mass is 16.4. The number of carboxylic acids is 1. The third-order valence-electron chi connectivity index (χ3n) is 1.62. The molecule has 0 aliphatic heterocycles. The number of allylic oxidation sites excluding steroid dienone is 3. The number of hydrogen-bond acceptors (Lipinski definition) is 4. The molecule has 0 unspecified atom stereocenters. The molecule has 0 heterocycles. The summed E-state index contributed by atoms with van der Waals surface area (Å²) in [6, 6.07) is 0. The van der Waals surface area contributed by atoms with Crippen LogP contribution in [0, 0.1) is 0 Å². The lowest BCUT2D eigenvalue weighted by Gasteiger charge is -2.07. The smallest absolute Gasteiger partial charge is 0.339 e. The number of aliphatic hydroxyl groups excluding tert-OH is 1. The summed E-state index contributed by atoms with van der Waals surface area (Å²) < 4.78 is 0. The van der Waals surface area contributed by atoms with E-state index >= 15 is 0 Å².